The SMILES string of the molecule is N#C/N=C(/Nc1ccc(-c2ccccc2)cc1)N[C@@H](Cc1ccccc1)C(=O)NCCCN1CCCC1. The average molecular weight is 495 g/mol. The van der Waals surface area contributed by atoms with E-state index in [-0.39, 0.29) is 11.9 Å². The van der Waals surface area contributed by atoms with Crippen LogP contribution in [-0.4, -0.2) is 49.0 Å². The van der Waals surface area contributed by atoms with Gasteiger partial charge in [-0.25, -0.2) is 0 Å². The molecular formula is C30H34N6O. The average Bonchev–Trinajstić information content (AvgIpc) is 3.46. The Balaban J connectivity index is 1.40. The number of aliphatic imine (C=N–C) groups is 1. The third-order valence-electron chi connectivity index (χ3n) is 6.48. The number of amides is 1. The molecule has 3 N–H and O–H groups in total. The Kier molecular flexibility index (Phi) is 9.68. The number of hydrogen-bond donors (Lipinski definition) is 3. The van der Waals surface area contributed by atoms with E-state index >= 15 is 0 Å². The predicted octanol–water partition coefficient (Wildman–Crippen LogP) is 4.41. The molecule has 0 aliphatic carbocycles. The van der Waals surface area contributed by atoms with Crippen LogP contribution in [0.15, 0.2) is 89.9 Å². The zero-order valence-corrected chi connectivity index (χ0v) is 21.1. The van der Waals surface area contributed by atoms with E-state index in [9.17, 15) is 10.1 Å². The molecule has 0 spiro atoms. The van der Waals surface area contributed by atoms with Gasteiger partial charge in [0.15, 0.2) is 0 Å². The smallest absolute Gasteiger partial charge is 0.242 e. The first kappa shape index (κ1) is 25.9. The molecule has 0 aromatic heterocycles. The molecule has 1 saturated heterocycles. The van der Waals surface area contributed by atoms with Crippen molar-refractivity contribution in [2.24, 2.45) is 4.99 Å². The summed E-state index contributed by atoms with van der Waals surface area (Å²) in [5.41, 5.74) is 4.01. The standard InChI is InChI=1S/C30H34N6O/c31-23-33-30(34-27-16-14-26(15-17-27)25-12-5-2-6-13-25)35-28(22-24-10-3-1-4-11-24)29(37)32-18-9-21-36-19-7-8-20-36/h1-6,10-17,28H,7-9,18-22H2,(H,32,37)(H2,33,34,35)/t28-/m0/s1. The lowest BCUT2D eigenvalue weighted by atomic mass is 10.1. The Morgan fingerprint density at radius 3 is 2.24 bits per heavy atom. The fourth-order valence-corrected chi connectivity index (χ4v) is 4.53. The van der Waals surface area contributed by atoms with E-state index < -0.39 is 6.04 Å². The van der Waals surface area contributed by atoms with Gasteiger partial charge in [0, 0.05) is 18.7 Å². The highest BCUT2D eigenvalue weighted by Gasteiger charge is 2.21. The van der Waals surface area contributed by atoms with Crippen LogP contribution in [0.4, 0.5) is 5.69 Å². The number of nitrogens with zero attached hydrogens (tertiary/aromatic N) is 3. The van der Waals surface area contributed by atoms with Crippen molar-refractivity contribution in [1.82, 2.24) is 15.5 Å². The van der Waals surface area contributed by atoms with Crippen molar-refractivity contribution in [3.05, 3.63) is 90.5 Å². The van der Waals surface area contributed by atoms with Gasteiger partial charge >= 0.3 is 0 Å². The van der Waals surface area contributed by atoms with Crippen molar-refractivity contribution in [2.75, 3.05) is 31.5 Å². The van der Waals surface area contributed by atoms with E-state index in [1.165, 1.54) is 12.8 Å². The summed E-state index contributed by atoms with van der Waals surface area (Å²) in [6.07, 6.45) is 5.75. The van der Waals surface area contributed by atoms with Gasteiger partial charge in [-0.2, -0.15) is 5.26 Å². The number of rotatable bonds is 10. The Bertz CT molecular complexity index is 1180. The summed E-state index contributed by atoms with van der Waals surface area (Å²) in [5, 5.41) is 18.7. The first-order chi connectivity index (χ1) is 18.2. The molecule has 0 radical (unpaired) electrons. The third-order valence-corrected chi connectivity index (χ3v) is 6.48. The summed E-state index contributed by atoms with van der Waals surface area (Å²) in [6.45, 7) is 3.91. The van der Waals surface area contributed by atoms with E-state index in [4.69, 9.17) is 0 Å². The number of nitriles is 1. The molecule has 3 aromatic carbocycles. The summed E-state index contributed by atoms with van der Waals surface area (Å²) in [4.78, 5) is 19.6. The molecule has 1 aliphatic rings. The van der Waals surface area contributed by atoms with E-state index in [1.807, 2.05) is 79.0 Å². The van der Waals surface area contributed by atoms with Gasteiger partial charge in [-0.05, 0) is 67.7 Å². The number of benzene rings is 3. The molecule has 0 unspecified atom stereocenters. The highest BCUT2D eigenvalue weighted by atomic mass is 16.2. The minimum Gasteiger partial charge on any atom is -0.354 e. The number of hydrogen-bond acceptors (Lipinski definition) is 4. The number of carbonyl (C=O) groups excluding carboxylic acids is 1. The van der Waals surface area contributed by atoms with Gasteiger partial charge < -0.3 is 20.9 Å². The van der Waals surface area contributed by atoms with Gasteiger partial charge in [-0.1, -0.05) is 72.8 Å². The maximum atomic E-state index is 13.2. The Morgan fingerprint density at radius 2 is 1.57 bits per heavy atom. The van der Waals surface area contributed by atoms with Crippen LogP contribution < -0.4 is 16.0 Å². The molecule has 7 nitrogen and oxygen atoms in total. The molecule has 4 rings (SSSR count). The molecule has 1 atom stereocenters. The molecule has 1 fully saturated rings. The summed E-state index contributed by atoms with van der Waals surface area (Å²) < 4.78 is 0. The quantitative estimate of drug-likeness (QED) is 0.168. The minimum atomic E-state index is -0.586. The van der Waals surface area contributed by atoms with Crippen LogP contribution in [0.2, 0.25) is 0 Å². The van der Waals surface area contributed by atoms with Crippen molar-refractivity contribution in [3.63, 3.8) is 0 Å². The number of likely N-dealkylation sites (tertiary alicyclic amines) is 1. The highest BCUT2D eigenvalue weighted by molar-refractivity contribution is 5.97. The Hall–Kier alpha value is -4.15. The molecule has 1 heterocycles. The molecule has 0 saturated carbocycles. The fraction of sp³-hybridized carbons (Fsp3) is 0.300. The lowest BCUT2D eigenvalue weighted by Gasteiger charge is -2.21. The second-order valence-electron chi connectivity index (χ2n) is 9.21. The first-order valence-corrected chi connectivity index (χ1v) is 12.9. The lowest BCUT2D eigenvalue weighted by molar-refractivity contribution is -0.122. The second kappa shape index (κ2) is 13.8. The summed E-state index contributed by atoms with van der Waals surface area (Å²) >= 11 is 0. The van der Waals surface area contributed by atoms with Gasteiger partial charge in [0.05, 0.1) is 0 Å². The summed E-state index contributed by atoms with van der Waals surface area (Å²) in [7, 11) is 0. The van der Waals surface area contributed by atoms with E-state index in [0.29, 0.717) is 13.0 Å². The van der Waals surface area contributed by atoms with Gasteiger partial charge in [-0.15, -0.1) is 4.99 Å². The normalized spacial score (nSPS) is 14.5. The number of anilines is 1. The second-order valence-corrected chi connectivity index (χ2v) is 9.21. The van der Waals surface area contributed by atoms with Crippen LogP contribution in [0, 0.1) is 11.5 Å². The maximum Gasteiger partial charge on any atom is 0.242 e. The van der Waals surface area contributed by atoms with Crippen molar-refractivity contribution in [3.8, 4) is 17.3 Å². The van der Waals surface area contributed by atoms with E-state index in [2.05, 4.69) is 38.0 Å². The Morgan fingerprint density at radius 1 is 0.919 bits per heavy atom. The first-order valence-electron chi connectivity index (χ1n) is 12.9. The van der Waals surface area contributed by atoms with Crippen LogP contribution in [0.25, 0.3) is 11.1 Å². The van der Waals surface area contributed by atoms with Crippen molar-refractivity contribution in [2.45, 2.75) is 31.7 Å². The molecule has 3 aromatic rings. The number of guanidine groups is 1. The van der Waals surface area contributed by atoms with Crippen LogP contribution in [0.1, 0.15) is 24.8 Å². The summed E-state index contributed by atoms with van der Waals surface area (Å²) in [6, 6.07) is 27.3. The third kappa shape index (κ3) is 8.19. The lowest BCUT2D eigenvalue weighted by Crippen LogP contribution is -2.50. The molecule has 7 heteroatoms. The van der Waals surface area contributed by atoms with Gasteiger partial charge in [-0.3, -0.25) is 4.79 Å². The van der Waals surface area contributed by atoms with Crippen LogP contribution in [0.3, 0.4) is 0 Å². The van der Waals surface area contributed by atoms with Crippen molar-refractivity contribution < 1.29 is 4.79 Å². The van der Waals surface area contributed by atoms with E-state index in [1.54, 1.807) is 0 Å². The van der Waals surface area contributed by atoms with Gasteiger partial charge in [0.25, 0.3) is 0 Å². The molecular weight excluding hydrogens is 460 g/mol. The van der Waals surface area contributed by atoms with E-state index in [0.717, 1.165) is 48.4 Å². The largest absolute Gasteiger partial charge is 0.354 e. The van der Waals surface area contributed by atoms with Gasteiger partial charge in [0.2, 0.25) is 18.1 Å². The predicted molar refractivity (Wildman–Crippen MR) is 149 cm³/mol. The molecule has 0 bridgehead atoms. The molecule has 190 valence electrons. The maximum absolute atomic E-state index is 13.2. The number of nitrogens with one attached hydrogen (secondary N) is 3. The van der Waals surface area contributed by atoms with Crippen LogP contribution in [0.5, 0.6) is 0 Å². The summed E-state index contributed by atoms with van der Waals surface area (Å²) in [5.74, 6) is 0.125. The monoisotopic (exact) mass is 494 g/mol. The van der Waals surface area contributed by atoms with Crippen molar-refractivity contribution >= 4 is 17.6 Å². The van der Waals surface area contributed by atoms with Gasteiger partial charge in [0.1, 0.15) is 6.04 Å². The van der Waals surface area contributed by atoms with Crippen LogP contribution >= 0.6 is 0 Å². The fourth-order valence-electron chi connectivity index (χ4n) is 4.53. The zero-order valence-electron chi connectivity index (χ0n) is 21.1. The minimum absolute atomic E-state index is 0.114. The zero-order chi connectivity index (χ0) is 25.7. The Labute approximate surface area is 219 Å². The molecule has 1 amide bonds. The highest BCUT2D eigenvalue weighted by Crippen LogP contribution is 2.21. The van der Waals surface area contributed by atoms with Crippen molar-refractivity contribution in [1.29, 1.82) is 5.26 Å². The molecule has 1 aliphatic heterocycles. The number of carbonyl (C=O) groups is 1. The topological polar surface area (TPSA) is 92.5 Å². The van der Waals surface area contributed by atoms with Crippen LogP contribution in [-0.2, 0) is 11.2 Å². The molecule has 37 heavy (non-hydrogen) atoms.